The number of fused-ring (bicyclic) bond motifs is 1. The number of nitrogens with zero attached hydrogens (tertiary/aromatic N) is 1. The summed E-state index contributed by atoms with van der Waals surface area (Å²) < 4.78 is 13.5. The van der Waals surface area contributed by atoms with Crippen molar-refractivity contribution in [2.45, 2.75) is 38.0 Å². The zero-order valence-electron chi connectivity index (χ0n) is 11.6. The van der Waals surface area contributed by atoms with Gasteiger partial charge in [0.1, 0.15) is 5.82 Å². The van der Waals surface area contributed by atoms with Gasteiger partial charge in [-0.2, -0.15) is 0 Å². The van der Waals surface area contributed by atoms with E-state index in [2.05, 4.69) is 4.98 Å². The van der Waals surface area contributed by atoms with Gasteiger partial charge in [0.2, 0.25) is 0 Å². The van der Waals surface area contributed by atoms with Crippen LogP contribution in [0.4, 0.5) is 4.39 Å². The van der Waals surface area contributed by atoms with E-state index < -0.39 is 0 Å². The highest BCUT2D eigenvalue weighted by Gasteiger charge is 2.23. The van der Waals surface area contributed by atoms with Crippen LogP contribution in [0.25, 0.3) is 10.9 Å². The van der Waals surface area contributed by atoms with Gasteiger partial charge < -0.3 is 5.11 Å². The number of aliphatic hydroxyl groups is 1. The SMILES string of the molecule is OCCC1CCC(c2ccnc3ccc(F)cc23)CC1. The van der Waals surface area contributed by atoms with E-state index >= 15 is 0 Å². The number of pyridine rings is 1. The predicted octanol–water partition coefficient (Wildman–Crippen LogP) is 4.03. The first-order valence-electron chi connectivity index (χ1n) is 7.43. The van der Waals surface area contributed by atoms with E-state index in [9.17, 15) is 4.39 Å². The number of halogens is 1. The molecule has 106 valence electrons. The molecule has 1 N–H and O–H groups in total. The molecule has 2 nitrogen and oxygen atoms in total. The molecule has 0 saturated heterocycles. The Labute approximate surface area is 118 Å². The number of aromatic nitrogens is 1. The molecule has 20 heavy (non-hydrogen) atoms. The minimum Gasteiger partial charge on any atom is -0.396 e. The van der Waals surface area contributed by atoms with Gasteiger partial charge in [0.05, 0.1) is 5.52 Å². The lowest BCUT2D eigenvalue weighted by molar-refractivity contribution is 0.222. The normalized spacial score (nSPS) is 23.1. The number of hydrogen-bond donors (Lipinski definition) is 1. The second-order valence-electron chi connectivity index (χ2n) is 5.79. The lowest BCUT2D eigenvalue weighted by Crippen LogP contribution is -2.14. The summed E-state index contributed by atoms with van der Waals surface area (Å²) in [5.41, 5.74) is 2.11. The maximum Gasteiger partial charge on any atom is 0.123 e. The van der Waals surface area contributed by atoms with Crippen molar-refractivity contribution in [3.8, 4) is 0 Å². The highest BCUT2D eigenvalue weighted by Crippen LogP contribution is 2.39. The highest BCUT2D eigenvalue weighted by atomic mass is 19.1. The van der Waals surface area contributed by atoms with E-state index in [0.29, 0.717) is 18.4 Å². The van der Waals surface area contributed by atoms with Gasteiger partial charge in [-0.3, -0.25) is 4.98 Å². The number of benzene rings is 1. The van der Waals surface area contributed by atoms with Crippen molar-refractivity contribution in [2.75, 3.05) is 6.61 Å². The molecule has 0 unspecified atom stereocenters. The van der Waals surface area contributed by atoms with Crippen LogP contribution in [-0.2, 0) is 0 Å². The molecule has 1 fully saturated rings. The molecule has 1 aromatic carbocycles. The summed E-state index contributed by atoms with van der Waals surface area (Å²) in [4.78, 5) is 4.32. The molecule has 3 heteroatoms. The van der Waals surface area contributed by atoms with Crippen LogP contribution in [0.2, 0.25) is 0 Å². The molecule has 0 amide bonds. The Hall–Kier alpha value is -1.48. The minimum atomic E-state index is -0.194. The van der Waals surface area contributed by atoms with Crippen LogP contribution in [-0.4, -0.2) is 16.7 Å². The topological polar surface area (TPSA) is 33.1 Å². The first-order chi connectivity index (χ1) is 9.78. The molecule has 0 aliphatic heterocycles. The summed E-state index contributed by atoms with van der Waals surface area (Å²) in [7, 11) is 0. The van der Waals surface area contributed by atoms with Gasteiger partial charge >= 0.3 is 0 Å². The average Bonchev–Trinajstić information content (AvgIpc) is 2.48. The zero-order valence-corrected chi connectivity index (χ0v) is 11.6. The Balaban J connectivity index is 1.86. The Morgan fingerprint density at radius 3 is 2.70 bits per heavy atom. The number of hydrogen-bond acceptors (Lipinski definition) is 2. The van der Waals surface area contributed by atoms with E-state index in [1.165, 1.54) is 11.6 Å². The van der Waals surface area contributed by atoms with Gasteiger partial charge in [-0.1, -0.05) is 0 Å². The van der Waals surface area contributed by atoms with Gasteiger partial charge in [-0.25, -0.2) is 4.39 Å². The molecule has 1 aliphatic rings. The summed E-state index contributed by atoms with van der Waals surface area (Å²) in [6, 6.07) is 6.87. The second kappa shape index (κ2) is 5.88. The molecule has 1 aliphatic carbocycles. The van der Waals surface area contributed by atoms with Crippen molar-refractivity contribution in [2.24, 2.45) is 5.92 Å². The van der Waals surface area contributed by atoms with Crippen LogP contribution in [0, 0.1) is 11.7 Å². The van der Waals surface area contributed by atoms with Gasteiger partial charge in [-0.15, -0.1) is 0 Å². The van der Waals surface area contributed by atoms with Gasteiger partial charge in [-0.05, 0) is 73.8 Å². The molecule has 1 saturated carbocycles. The molecule has 0 radical (unpaired) electrons. The van der Waals surface area contributed by atoms with Crippen LogP contribution < -0.4 is 0 Å². The van der Waals surface area contributed by atoms with Crippen LogP contribution in [0.5, 0.6) is 0 Å². The third-order valence-electron chi connectivity index (χ3n) is 4.56. The smallest absolute Gasteiger partial charge is 0.123 e. The van der Waals surface area contributed by atoms with Crippen molar-refractivity contribution in [3.05, 3.63) is 41.8 Å². The third-order valence-corrected chi connectivity index (χ3v) is 4.56. The van der Waals surface area contributed by atoms with Crippen LogP contribution >= 0.6 is 0 Å². The molecule has 2 aromatic rings. The molecule has 1 aromatic heterocycles. The molecular formula is C17H20FNO. The summed E-state index contributed by atoms with van der Waals surface area (Å²) in [6.07, 6.45) is 7.31. The molecular weight excluding hydrogens is 253 g/mol. The lowest BCUT2D eigenvalue weighted by Gasteiger charge is -2.29. The Bertz CT molecular complexity index is 591. The summed E-state index contributed by atoms with van der Waals surface area (Å²) in [5, 5.41) is 9.98. The van der Waals surface area contributed by atoms with Crippen molar-refractivity contribution >= 4 is 10.9 Å². The standard InChI is InChI=1S/C17H20FNO/c18-14-5-6-17-16(11-14)15(7-9-19-17)13-3-1-12(2-4-13)8-10-20/h5-7,9,11-13,20H,1-4,8,10H2. The molecule has 1 heterocycles. The van der Waals surface area contributed by atoms with E-state index in [0.717, 1.165) is 43.0 Å². The van der Waals surface area contributed by atoms with Crippen LogP contribution in [0.1, 0.15) is 43.6 Å². The van der Waals surface area contributed by atoms with Crippen LogP contribution in [0.15, 0.2) is 30.5 Å². The van der Waals surface area contributed by atoms with Crippen molar-refractivity contribution in [1.29, 1.82) is 0 Å². The molecule has 3 rings (SSSR count). The van der Waals surface area contributed by atoms with Crippen molar-refractivity contribution in [1.82, 2.24) is 4.98 Å². The molecule has 0 spiro atoms. The maximum absolute atomic E-state index is 13.5. The Kier molecular flexibility index (Phi) is 3.97. The quantitative estimate of drug-likeness (QED) is 0.916. The van der Waals surface area contributed by atoms with E-state index in [1.54, 1.807) is 12.1 Å². The molecule has 0 atom stereocenters. The van der Waals surface area contributed by atoms with Gasteiger partial charge in [0, 0.05) is 18.2 Å². The number of rotatable bonds is 3. The monoisotopic (exact) mass is 273 g/mol. The maximum atomic E-state index is 13.5. The first-order valence-corrected chi connectivity index (χ1v) is 7.43. The minimum absolute atomic E-state index is 0.194. The lowest BCUT2D eigenvalue weighted by atomic mass is 9.77. The van der Waals surface area contributed by atoms with Crippen molar-refractivity contribution in [3.63, 3.8) is 0 Å². The fourth-order valence-electron chi connectivity index (χ4n) is 3.44. The zero-order chi connectivity index (χ0) is 13.9. The van der Waals surface area contributed by atoms with Crippen LogP contribution in [0.3, 0.4) is 0 Å². The van der Waals surface area contributed by atoms with Crippen molar-refractivity contribution < 1.29 is 9.50 Å². The first kappa shape index (κ1) is 13.5. The fourth-order valence-corrected chi connectivity index (χ4v) is 3.44. The third kappa shape index (κ3) is 2.68. The summed E-state index contributed by atoms with van der Waals surface area (Å²) >= 11 is 0. The average molecular weight is 273 g/mol. The van der Waals surface area contributed by atoms with E-state index in [-0.39, 0.29) is 5.82 Å². The highest BCUT2D eigenvalue weighted by molar-refractivity contribution is 5.82. The van der Waals surface area contributed by atoms with E-state index in [1.807, 2.05) is 12.3 Å². The summed E-state index contributed by atoms with van der Waals surface area (Å²) in [6.45, 7) is 0.290. The fraction of sp³-hybridized carbons (Fsp3) is 0.471. The van der Waals surface area contributed by atoms with Gasteiger partial charge in [0.15, 0.2) is 0 Å². The van der Waals surface area contributed by atoms with E-state index in [4.69, 9.17) is 5.11 Å². The predicted molar refractivity (Wildman–Crippen MR) is 78.1 cm³/mol. The Morgan fingerprint density at radius 2 is 1.95 bits per heavy atom. The Morgan fingerprint density at radius 1 is 1.15 bits per heavy atom. The molecule has 0 bridgehead atoms. The van der Waals surface area contributed by atoms with Gasteiger partial charge in [0.25, 0.3) is 0 Å². The number of aliphatic hydroxyl groups excluding tert-OH is 1. The summed E-state index contributed by atoms with van der Waals surface area (Å²) in [5.74, 6) is 0.957. The second-order valence-corrected chi connectivity index (χ2v) is 5.79. The largest absolute Gasteiger partial charge is 0.396 e.